The zero-order valence-electron chi connectivity index (χ0n) is 14.3. The Kier molecular flexibility index (Phi) is 4.78. The van der Waals surface area contributed by atoms with E-state index in [1.807, 2.05) is 30.3 Å². The molecule has 0 aliphatic rings. The van der Waals surface area contributed by atoms with E-state index in [0.29, 0.717) is 29.7 Å². The molecule has 8 heteroatoms. The van der Waals surface area contributed by atoms with Crippen LogP contribution in [0.5, 0.6) is 0 Å². The SMILES string of the molecule is Cc1cc(CN(C)C(=O)NC(C)c2noc(-c3ccccc3)n2)no1. The van der Waals surface area contributed by atoms with Crippen molar-refractivity contribution in [1.29, 1.82) is 0 Å². The highest BCUT2D eigenvalue weighted by atomic mass is 16.5. The van der Waals surface area contributed by atoms with Crippen molar-refractivity contribution in [1.82, 2.24) is 25.5 Å². The van der Waals surface area contributed by atoms with Crippen LogP contribution in [0.2, 0.25) is 0 Å². The number of urea groups is 1. The van der Waals surface area contributed by atoms with Crippen LogP contribution in [0.25, 0.3) is 11.5 Å². The lowest BCUT2D eigenvalue weighted by molar-refractivity contribution is 0.201. The van der Waals surface area contributed by atoms with Crippen LogP contribution in [0, 0.1) is 6.92 Å². The van der Waals surface area contributed by atoms with Crippen LogP contribution in [0.15, 0.2) is 45.4 Å². The Morgan fingerprint density at radius 2 is 2.00 bits per heavy atom. The topological polar surface area (TPSA) is 97.3 Å². The minimum absolute atomic E-state index is 0.265. The molecule has 1 aromatic carbocycles. The maximum Gasteiger partial charge on any atom is 0.318 e. The molecular formula is C17H19N5O3. The molecule has 0 fully saturated rings. The van der Waals surface area contributed by atoms with E-state index in [-0.39, 0.29) is 6.03 Å². The molecule has 1 N–H and O–H groups in total. The molecule has 2 aromatic heterocycles. The van der Waals surface area contributed by atoms with Gasteiger partial charge >= 0.3 is 6.03 Å². The van der Waals surface area contributed by atoms with Gasteiger partial charge in [-0.3, -0.25) is 0 Å². The van der Waals surface area contributed by atoms with Crippen LogP contribution in [-0.2, 0) is 6.54 Å². The van der Waals surface area contributed by atoms with Gasteiger partial charge in [0.05, 0.1) is 12.6 Å². The number of aryl methyl sites for hydroxylation is 1. The Morgan fingerprint density at radius 3 is 2.68 bits per heavy atom. The van der Waals surface area contributed by atoms with Crippen molar-refractivity contribution in [3.8, 4) is 11.5 Å². The van der Waals surface area contributed by atoms with Crippen LogP contribution < -0.4 is 5.32 Å². The maximum atomic E-state index is 12.3. The molecule has 1 unspecified atom stereocenters. The second kappa shape index (κ2) is 7.16. The standard InChI is InChI=1S/C17H19N5O3/c1-11-9-14(20-24-11)10-22(3)17(23)18-12(2)15-19-16(25-21-15)13-7-5-4-6-8-13/h4-9,12H,10H2,1-3H3,(H,18,23). The van der Waals surface area contributed by atoms with Gasteiger partial charge in [0.15, 0.2) is 5.82 Å². The Hall–Kier alpha value is -3.16. The molecular weight excluding hydrogens is 322 g/mol. The van der Waals surface area contributed by atoms with Crippen LogP contribution in [0.4, 0.5) is 4.79 Å². The van der Waals surface area contributed by atoms with Crippen LogP contribution >= 0.6 is 0 Å². The van der Waals surface area contributed by atoms with Gasteiger partial charge in [0.25, 0.3) is 5.89 Å². The summed E-state index contributed by atoms with van der Waals surface area (Å²) in [4.78, 5) is 18.1. The van der Waals surface area contributed by atoms with Gasteiger partial charge in [-0.25, -0.2) is 4.79 Å². The number of rotatable bonds is 5. The third-order valence-corrected chi connectivity index (χ3v) is 3.61. The Labute approximate surface area is 144 Å². The highest BCUT2D eigenvalue weighted by Gasteiger charge is 2.19. The van der Waals surface area contributed by atoms with E-state index in [1.54, 1.807) is 27.0 Å². The van der Waals surface area contributed by atoms with Crippen LogP contribution in [0.3, 0.4) is 0 Å². The molecule has 0 aliphatic carbocycles. The van der Waals surface area contributed by atoms with Crippen molar-refractivity contribution >= 4 is 6.03 Å². The quantitative estimate of drug-likeness (QED) is 0.766. The predicted molar refractivity (Wildman–Crippen MR) is 89.4 cm³/mol. The van der Waals surface area contributed by atoms with Crippen molar-refractivity contribution in [3.63, 3.8) is 0 Å². The van der Waals surface area contributed by atoms with E-state index < -0.39 is 6.04 Å². The van der Waals surface area contributed by atoms with Gasteiger partial charge in [0.2, 0.25) is 0 Å². The summed E-state index contributed by atoms with van der Waals surface area (Å²) in [5.74, 6) is 1.54. The van der Waals surface area contributed by atoms with Gasteiger partial charge in [0.1, 0.15) is 11.5 Å². The number of carbonyl (C=O) groups is 1. The number of nitrogens with one attached hydrogen (secondary N) is 1. The van der Waals surface area contributed by atoms with Crippen molar-refractivity contribution in [2.24, 2.45) is 0 Å². The van der Waals surface area contributed by atoms with E-state index in [9.17, 15) is 4.79 Å². The number of aromatic nitrogens is 3. The molecule has 2 amide bonds. The first-order valence-corrected chi connectivity index (χ1v) is 7.86. The highest BCUT2D eigenvalue weighted by Crippen LogP contribution is 2.18. The summed E-state index contributed by atoms with van der Waals surface area (Å²) >= 11 is 0. The Bertz CT molecular complexity index is 843. The summed E-state index contributed by atoms with van der Waals surface area (Å²) in [6.45, 7) is 3.95. The zero-order valence-corrected chi connectivity index (χ0v) is 14.3. The smallest absolute Gasteiger partial charge is 0.318 e. The molecule has 3 aromatic rings. The van der Waals surface area contributed by atoms with E-state index in [0.717, 1.165) is 5.56 Å². The number of hydrogen-bond acceptors (Lipinski definition) is 6. The molecule has 130 valence electrons. The lowest BCUT2D eigenvalue weighted by atomic mass is 10.2. The van der Waals surface area contributed by atoms with E-state index in [4.69, 9.17) is 9.05 Å². The van der Waals surface area contributed by atoms with Gasteiger partial charge in [-0.1, -0.05) is 28.5 Å². The third kappa shape index (κ3) is 4.03. The number of hydrogen-bond donors (Lipinski definition) is 1. The van der Waals surface area contributed by atoms with Crippen LogP contribution in [-0.4, -0.2) is 33.3 Å². The first-order chi connectivity index (χ1) is 12.0. The fourth-order valence-electron chi connectivity index (χ4n) is 2.28. The first-order valence-electron chi connectivity index (χ1n) is 7.86. The molecule has 0 aliphatic heterocycles. The summed E-state index contributed by atoms with van der Waals surface area (Å²) in [6.07, 6.45) is 0. The molecule has 0 saturated heterocycles. The number of amides is 2. The minimum atomic E-state index is -0.393. The largest absolute Gasteiger partial charge is 0.361 e. The van der Waals surface area contributed by atoms with Gasteiger partial charge in [-0.15, -0.1) is 0 Å². The average molecular weight is 341 g/mol. The third-order valence-electron chi connectivity index (χ3n) is 3.61. The van der Waals surface area contributed by atoms with Gasteiger partial charge in [-0.05, 0) is 26.0 Å². The zero-order chi connectivity index (χ0) is 17.8. The lowest BCUT2D eigenvalue weighted by Gasteiger charge is -2.18. The number of carbonyl (C=O) groups excluding carboxylic acids is 1. The summed E-state index contributed by atoms with van der Waals surface area (Å²) < 4.78 is 10.3. The first kappa shape index (κ1) is 16.7. The Balaban J connectivity index is 1.60. The molecule has 0 bridgehead atoms. The lowest BCUT2D eigenvalue weighted by Crippen LogP contribution is -2.38. The van der Waals surface area contributed by atoms with Crippen molar-refractivity contribution in [3.05, 3.63) is 53.7 Å². The van der Waals surface area contributed by atoms with Crippen molar-refractivity contribution in [2.75, 3.05) is 7.05 Å². The Morgan fingerprint density at radius 1 is 1.24 bits per heavy atom. The van der Waals surface area contributed by atoms with Crippen molar-refractivity contribution < 1.29 is 13.8 Å². The molecule has 25 heavy (non-hydrogen) atoms. The summed E-state index contributed by atoms with van der Waals surface area (Å²) in [7, 11) is 1.68. The summed E-state index contributed by atoms with van der Waals surface area (Å²) in [5.41, 5.74) is 1.52. The summed E-state index contributed by atoms with van der Waals surface area (Å²) in [6, 6.07) is 10.6. The van der Waals surface area contributed by atoms with E-state index in [1.165, 1.54) is 4.90 Å². The van der Waals surface area contributed by atoms with Crippen molar-refractivity contribution in [2.45, 2.75) is 26.4 Å². The van der Waals surface area contributed by atoms with Gasteiger partial charge < -0.3 is 19.3 Å². The van der Waals surface area contributed by atoms with E-state index >= 15 is 0 Å². The molecule has 1 atom stereocenters. The molecule has 0 saturated carbocycles. The minimum Gasteiger partial charge on any atom is -0.361 e. The summed E-state index contributed by atoms with van der Waals surface area (Å²) in [5, 5.41) is 10.7. The second-order valence-corrected chi connectivity index (χ2v) is 5.78. The number of benzene rings is 1. The normalized spacial score (nSPS) is 12.0. The predicted octanol–water partition coefficient (Wildman–Crippen LogP) is 2.94. The van der Waals surface area contributed by atoms with E-state index in [2.05, 4.69) is 20.6 Å². The highest BCUT2D eigenvalue weighted by molar-refractivity contribution is 5.74. The molecule has 0 spiro atoms. The second-order valence-electron chi connectivity index (χ2n) is 5.78. The van der Waals surface area contributed by atoms with Crippen LogP contribution in [0.1, 0.15) is 30.2 Å². The molecule has 0 radical (unpaired) electrons. The molecule has 3 rings (SSSR count). The fourth-order valence-corrected chi connectivity index (χ4v) is 2.28. The molecule has 8 nitrogen and oxygen atoms in total. The van der Waals surface area contributed by atoms with Gasteiger partial charge in [0, 0.05) is 18.7 Å². The number of nitrogens with zero attached hydrogens (tertiary/aromatic N) is 4. The average Bonchev–Trinajstić information content (AvgIpc) is 3.25. The fraction of sp³-hybridized carbons (Fsp3) is 0.294. The molecule has 2 heterocycles. The maximum absolute atomic E-state index is 12.3. The van der Waals surface area contributed by atoms with Gasteiger partial charge in [-0.2, -0.15) is 4.98 Å². The monoisotopic (exact) mass is 341 g/mol.